The van der Waals surface area contributed by atoms with Crippen LogP contribution in [0.5, 0.6) is 0 Å². The molecule has 0 aliphatic carbocycles. The van der Waals surface area contributed by atoms with Gasteiger partial charge in [0, 0.05) is 6.54 Å². The van der Waals surface area contributed by atoms with Gasteiger partial charge in [0.25, 0.3) is 0 Å². The third-order valence-electron chi connectivity index (χ3n) is 3.76. The van der Waals surface area contributed by atoms with Gasteiger partial charge < -0.3 is 4.42 Å². The lowest BCUT2D eigenvalue weighted by molar-refractivity contribution is 0.445. The van der Waals surface area contributed by atoms with Gasteiger partial charge >= 0.3 is 0 Å². The standard InChI is InChI=1S/C19H16N2OS/c1-2-7-14(8-3-1)19(16-10-6-12-22-16)20-13-18-21-15-9-4-5-11-17(15)23-18/h1-12,19-20H,13H2/t19-/m0/s1. The van der Waals surface area contributed by atoms with Gasteiger partial charge in [-0.05, 0) is 29.8 Å². The van der Waals surface area contributed by atoms with Gasteiger partial charge in [-0.2, -0.15) is 0 Å². The van der Waals surface area contributed by atoms with Crippen molar-refractivity contribution in [3.05, 3.63) is 89.3 Å². The summed E-state index contributed by atoms with van der Waals surface area (Å²) < 4.78 is 6.84. The second-order valence-electron chi connectivity index (χ2n) is 5.32. The Morgan fingerprint density at radius 2 is 1.78 bits per heavy atom. The molecule has 0 amide bonds. The van der Waals surface area contributed by atoms with E-state index in [1.165, 1.54) is 10.3 Å². The number of hydrogen-bond donors (Lipinski definition) is 1. The molecule has 23 heavy (non-hydrogen) atoms. The van der Waals surface area contributed by atoms with Gasteiger partial charge in [-0.1, -0.05) is 42.5 Å². The van der Waals surface area contributed by atoms with Gasteiger partial charge in [-0.15, -0.1) is 11.3 Å². The molecule has 4 aromatic rings. The summed E-state index contributed by atoms with van der Waals surface area (Å²) in [7, 11) is 0. The molecule has 4 heteroatoms. The van der Waals surface area contributed by atoms with E-state index in [-0.39, 0.29) is 6.04 Å². The van der Waals surface area contributed by atoms with E-state index in [2.05, 4.69) is 34.6 Å². The van der Waals surface area contributed by atoms with Crippen LogP contribution in [0.4, 0.5) is 0 Å². The SMILES string of the molecule is c1ccc([C@H](NCc2nc3ccccc3s2)c2ccco2)cc1. The van der Waals surface area contributed by atoms with E-state index in [0.717, 1.165) is 16.3 Å². The van der Waals surface area contributed by atoms with E-state index in [1.54, 1.807) is 17.6 Å². The Morgan fingerprint density at radius 1 is 0.957 bits per heavy atom. The van der Waals surface area contributed by atoms with Gasteiger partial charge in [-0.25, -0.2) is 4.98 Å². The largest absolute Gasteiger partial charge is 0.467 e. The van der Waals surface area contributed by atoms with E-state index in [4.69, 9.17) is 4.42 Å². The zero-order valence-electron chi connectivity index (χ0n) is 12.5. The highest BCUT2D eigenvalue weighted by Crippen LogP contribution is 2.25. The third kappa shape index (κ3) is 3.04. The van der Waals surface area contributed by atoms with Crippen molar-refractivity contribution in [3.8, 4) is 0 Å². The van der Waals surface area contributed by atoms with Crippen molar-refractivity contribution in [3.63, 3.8) is 0 Å². The van der Waals surface area contributed by atoms with Crippen LogP contribution in [0, 0.1) is 0 Å². The summed E-state index contributed by atoms with van der Waals surface area (Å²) in [4.78, 5) is 4.69. The molecule has 0 radical (unpaired) electrons. The van der Waals surface area contributed by atoms with Crippen LogP contribution < -0.4 is 5.32 Å². The highest BCUT2D eigenvalue weighted by atomic mass is 32.1. The van der Waals surface area contributed by atoms with Crippen LogP contribution >= 0.6 is 11.3 Å². The number of thiazole rings is 1. The molecular formula is C19H16N2OS. The molecule has 4 rings (SSSR count). The van der Waals surface area contributed by atoms with E-state index in [0.29, 0.717) is 6.54 Å². The predicted molar refractivity (Wildman–Crippen MR) is 93.5 cm³/mol. The smallest absolute Gasteiger partial charge is 0.125 e. The summed E-state index contributed by atoms with van der Waals surface area (Å²) >= 11 is 1.73. The summed E-state index contributed by atoms with van der Waals surface area (Å²) in [5.74, 6) is 0.914. The van der Waals surface area contributed by atoms with Crippen molar-refractivity contribution >= 4 is 21.6 Å². The van der Waals surface area contributed by atoms with E-state index in [9.17, 15) is 0 Å². The number of para-hydroxylation sites is 1. The van der Waals surface area contributed by atoms with Crippen molar-refractivity contribution in [2.75, 3.05) is 0 Å². The Labute approximate surface area is 138 Å². The molecule has 0 spiro atoms. The molecule has 0 saturated heterocycles. The Hall–Kier alpha value is -2.43. The number of aromatic nitrogens is 1. The van der Waals surface area contributed by atoms with Gasteiger partial charge in [-0.3, -0.25) is 5.32 Å². The highest BCUT2D eigenvalue weighted by Gasteiger charge is 2.16. The van der Waals surface area contributed by atoms with Crippen LogP contribution in [0.1, 0.15) is 22.4 Å². The monoisotopic (exact) mass is 320 g/mol. The fourth-order valence-corrected chi connectivity index (χ4v) is 3.59. The van der Waals surface area contributed by atoms with Crippen molar-refractivity contribution in [1.82, 2.24) is 10.3 Å². The Bertz CT molecular complexity index is 851. The minimum atomic E-state index is 0.0261. The Morgan fingerprint density at radius 3 is 2.57 bits per heavy atom. The number of benzene rings is 2. The second kappa shape index (κ2) is 6.36. The summed E-state index contributed by atoms with van der Waals surface area (Å²) in [5.41, 5.74) is 2.24. The molecule has 0 fully saturated rings. The number of nitrogens with zero attached hydrogens (tertiary/aromatic N) is 1. The maximum absolute atomic E-state index is 5.62. The molecule has 1 atom stereocenters. The molecule has 2 aromatic heterocycles. The van der Waals surface area contributed by atoms with Gasteiger partial charge in [0.05, 0.1) is 22.5 Å². The molecule has 0 aliphatic rings. The van der Waals surface area contributed by atoms with Gasteiger partial charge in [0.1, 0.15) is 10.8 Å². The number of furan rings is 1. The molecule has 0 saturated carbocycles. The molecule has 3 nitrogen and oxygen atoms in total. The Kier molecular flexibility index (Phi) is 3.92. The maximum atomic E-state index is 5.62. The zero-order valence-corrected chi connectivity index (χ0v) is 13.3. The summed E-state index contributed by atoms with van der Waals surface area (Å²) in [6, 6.07) is 22.5. The van der Waals surface area contributed by atoms with Crippen molar-refractivity contribution in [1.29, 1.82) is 0 Å². The van der Waals surface area contributed by atoms with Crippen LogP contribution in [0.15, 0.2) is 77.4 Å². The first-order valence-electron chi connectivity index (χ1n) is 7.56. The average molecular weight is 320 g/mol. The Balaban J connectivity index is 1.58. The normalized spacial score (nSPS) is 12.5. The molecule has 0 bridgehead atoms. The molecule has 0 unspecified atom stereocenters. The van der Waals surface area contributed by atoms with Crippen molar-refractivity contribution in [2.45, 2.75) is 12.6 Å². The van der Waals surface area contributed by atoms with Crippen molar-refractivity contribution in [2.24, 2.45) is 0 Å². The number of hydrogen-bond acceptors (Lipinski definition) is 4. The van der Waals surface area contributed by atoms with Gasteiger partial charge in [0.15, 0.2) is 0 Å². The third-order valence-corrected chi connectivity index (χ3v) is 4.79. The number of rotatable bonds is 5. The maximum Gasteiger partial charge on any atom is 0.125 e. The second-order valence-corrected chi connectivity index (χ2v) is 6.43. The van der Waals surface area contributed by atoms with Crippen LogP contribution in [0.3, 0.4) is 0 Å². The minimum Gasteiger partial charge on any atom is -0.467 e. The molecule has 2 heterocycles. The predicted octanol–water partition coefficient (Wildman–Crippen LogP) is 4.77. The van der Waals surface area contributed by atoms with Crippen LogP contribution in [-0.4, -0.2) is 4.98 Å². The number of fused-ring (bicyclic) bond motifs is 1. The first kappa shape index (κ1) is 14.2. The van der Waals surface area contributed by atoms with Crippen LogP contribution in [0.25, 0.3) is 10.2 Å². The van der Waals surface area contributed by atoms with E-state index >= 15 is 0 Å². The first-order valence-corrected chi connectivity index (χ1v) is 8.38. The van der Waals surface area contributed by atoms with Gasteiger partial charge in [0.2, 0.25) is 0 Å². The molecule has 2 aromatic carbocycles. The van der Waals surface area contributed by atoms with E-state index < -0.39 is 0 Å². The average Bonchev–Trinajstić information content (AvgIpc) is 3.25. The summed E-state index contributed by atoms with van der Waals surface area (Å²) in [6.45, 7) is 0.708. The molecule has 114 valence electrons. The van der Waals surface area contributed by atoms with Crippen LogP contribution in [0.2, 0.25) is 0 Å². The molecule has 0 aliphatic heterocycles. The topological polar surface area (TPSA) is 38.1 Å². The molecular weight excluding hydrogens is 304 g/mol. The zero-order chi connectivity index (χ0) is 15.5. The lowest BCUT2D eigenvalue weighted by Gasteiger charge is -2.16. The first-order chi connectivity index (χ1) is 11.4. The highest BCUT2D eigenvalue weighted by molar-refractivity contribution is 7.18. The van der Waals surface area contributed by atoms with Crippen LogP contribution in [-0.2, 0) is 6.54 Å². The van der Waals surface area contributed by atoms with Crippen molar-refractivity contribution < 1.29 is 4.42 Å². The lowest BCUT2D eigenvalue weighted by Crippen LogP contribution is -2.21. The fourth-order valence-electron chi connectivity index (χ4n) is 2.67. The molecule has 1 N–H and O–H groups in total. The quantitative estimate of drug-likeness (QED) is 0.575. The van der Waals surface area contributed by atoms with E-state index in [1.807, 2.05) is 42.5 Å². The lowest BCUT2D eigenvalue weighted by atomic mass is 10.0. The summed E-state index contributed by atoms with van der Waals surface area (Å²) in [6.07, 6.45) is 1.71. The number of nitrogens with one attached hydrogen (secondary N) is 1. The summed E-state index contributed by atoms with van der Waals surface area (Å²) in [5, 5.41) is 4.65. The fraction of sp³-hybridized carbons (Fsp3) is 0.105. The minimum absolute atomic E-state index is 0.0261.